The van der Waals surface area contributed by atoms with Crippen LogP contribution in [0.1, 0.15) is 47.4 Å². The molecule has 2 heterocycles. The summed E-state index contributed by atoms with van der Waals surface area (Å²) in [5, 5.41) is 0.673. The third-order valence-electron chi connectivity index (χ3n) is 4.07. The second-order valence-corrected chi connectivity index (χ2v) is 7.12. The van der Waals surface area contributed by atoms with E-state index in [0.29, 0.717) is 5.39 Å². The van der Waals surface area contributed by atoms with Gasteiger partial charge in [0.1, 0.15) is 11.3 Å². The van der Waals surface area contributed by atoms with Crippen LogP contribution in [0.2, 0.25) is 0 Å². The molecule has 3 nitrogen and oxygen atoms in total. The number of halogens is 1. The fourth-order valence-electron chi connectivity index (χ4n) is 2.93. The first-order chi connectivity index (χ1) is 10.1. The van der Waals surface area contributed by atoms with Crippen molar-refractivity contribution in [1.29, 1.82) is 0 Å². The third kappa shape index (κ3) is 2.92. The second kappa shape index (κ2) is 5.93. The maximum atomic E-state index is 12.5. The summed E-state index contributed by atoms with van der Waals surface area (Å²) in [6.45, 7) is 5.53. The van der Waals surface area contributed by atoms with Gasteiger partial charge in [-0.3, -0.25) is 4.79 Å². The van der Waals surface area contributed by atoms with Gasteiger partial charge in [-0.2, -0.15) is 0 Å². The number of rotatable bonds is 2. The molecule has 0 aliphatic carbocycles. The van der Waals surface area contributed by atoms with Gasteiger partial charge in [0, 0.05) is 35.6 Å². The van der Waals surface area contributed by atoms with Crippen LogP contribution >= 0.6 is 15.9 Å². The number of alkyl halides is 1. The van der Waals surface area contributed by atoms with Crippen molar-refractivity contribution in [3.63, 3.8) is 0 Å². The largest absolute Gasteiger partial charge is 0.460 e. The number of fused-ring (bicyclic) bond motifs is 1. The van der Waals surface area contributed by atoms with Crippen LogP contribution in [0.25, 0.3) is 11.0 Å². The topological polar surface area (TPSA) is 39.4 Å². The van der Waals surface area contributed by atoms with Gasteiger partial charge in [-0.1, -0.05) is 22.0 Å². The van der Waals surface area contributed by atoms with E-state index in [4.69, 9.17) is 9.15 Å². The Morgan fingerprint density at radius 3 is 2.62 bits per heavy atom. The molecule has 1 saturated heterocycles. The summed E-state index contributed by atoms with van der Waals surface area (Å²) >= 11 is 3.60. The molecular formula is C17H19BrO3. The van der Waals surface area contributed by atoms with Gasteiger partial charge in [-0.15, -0.1) is 0 Å². The standard InChI is InChI=1S/C17H19BrO3/c1-10-7-13(11(2)18)17-14(8-10)15(19)9-16(21-17)12-3-5-20-6-4-12/h7-9,11-12H,3-6H2,1-2H3. The first-order valence-corrected chi connectivity index (χ1v) is 8.28. The van der Waals surface area contributed by atoms with Crippen molar-refractivity contribution < 1.29 is 9.15 Å². The minimum atomic E-state index is 0.0517. The number of aryl methyl sites for hydroxylation is 1. The Labute approximate surface area is 132 Å². The smallest absolute Gasteiger partial charge is 0.192 e. The lowest BCUT2D eigenvalue weighted by molar-refractivity contribution is 0.0807. The van der Waals surface area contributed by atoms with Crippen LogP contribution in [0.15, 0.2) is 27.4 Å². The minimum absolute atomic E-state index is 0.0517. The maximum Gasteiger partial charge on any atom is 0.192 e. The van der Waals surface area contributed by atoms with E-state index in [1.54, 1.807) is 6.07 Å². The fourth-order valence-corrected chi connectivity index (χ4v) is 3.27. The van der Waals surface area contributed by atoms with Crippen molar-refractivity contribution in [2.24, 2.45) is 0 Å². The molecule has 0 spiro atoms. The molecule has 1 unspecified atom stereocenters. The number of benzene rings is 1. The summed E-state index contributed by atoms with van der Waals surface area (Å²) in [4.78, 5) is 12.6. The summed E-state index contributed by atoms with van der Waals surface area (Å²) in [6, 6.07) is 5.66. The van der Waals surface area contributed by atoms with E-state index < -0.39 is 0 Å². The van der Waals surface area contributed by atoms with Crippen LogP contribution in [-0.4, -0.2) is 13.2 Å². The van der Waals surface area contributed by atoms with Crippen molar-refractivity contribution in [2.45, 2.75) is 37.4 Å². The van der Waals surface area contributed by atoms with E-state index in [1.807, 2.05) is 13.0 Å². The van der Waals surface area contributed by atoms with Gasteiger partial charge in [-0.05, 0) is 38.3 Å². The molecule has 0 saturated carbocycles. The zero-order valence-electron chi connectivity index (χ0n) is 12.3. The van der Waals surface area contributed by atoms with E-state index in [1.165, 1.54) is 0 Å². The van der Waals surface area contributed by atoms with E-state index in [-0.39, 0.29) is 16.2 Å². The van der Waals surface area contributed by atoms with Crippen LogP contribution in [0.3, 0.4) is 0 Å². The Bertz CT molecular complexity index is 712. The Balaban J connectivity index is 2.19. The summed E-state index contributed by atoms with van der Waals surface area (Å²) < 4.78 is 11.5. The monoisotopic (exact) mass is 350 g/mol. The van der Waals surface area contributed by atoms with Crippen molar-refractivity contribution in [3.05, 3.63) is 45.3 Å². The zero-order valence-corrected chi connectivity index (χ0v) is 13.9. The molecular weight excluding hydrogens is 332 g/mol. The van der Waals surface area contributed by atoms with E-state index in [0.717, 1.165) is 48.5 Å². The minimum Gasteiger partial charge on any atom is -0.460 e. The highest BCUT2D eigenvalue weighted by molar-refractivity contribution is 9.09. The molecule has 0 radical (unpaired) electrons. The molecule has 1 aromatic carbocycles. The van der Waals surface area contributed by atoms with Gasteiger partial charge in [-0.25, -0.2) is 0 Å². The molecule has 0 N–H and O–H groups in total. The Kier molecular flexibility index (Phi) is 4.18. The predicted octanol–water partition coefficient (Wildman–Crippen LogP) is 4.45. The quantitative estimate of drug-likeness (QED) is 0.751. The highest BCUT2D eigenvalue weighted by atomic mass is 79.9. The second-order valence-electron chi connectivity index (χ2n) is 5.75. The fraction of sp³-hybridized carbons (Fsp3) is 0.471. The Morgan fingerprint density at radius 1 is 1.24 bits per heavy atom. The molecule has 1 aromatic heterocycles. The van der Waals surface area contributed by atoms with Crippen LogP contribution in [0.4, 0.5) is 0 Å². The highest BCUT2D eigenvalue weighted by Gasteiger charge is 2.21. The predicted molar refractivity (Wildman–Crippen MR) is 87.4 cm³/mol. The molecule has 3 rings (SSSR count). The van der Waals surface area contributed by atoms with Gasteiger partial charge < -0.3 is 9.15 Å². The van der Waals surface area contributed by atoms with Crippen LogP contribution < -0.4 is 5.43 Å². The highest BCUT2D eigenvalue weighted by Crippen LogP contribution is 2.33. The van der Waals surface area contributed by atoms with Gasteiger partial charge in [0.2, 0.25) is 0 Å². The first-order valence-electron chi connectivity index (χ1n) is 7.36. The van der Waals surface area contributed by atoms with Crippen LogP contribution in [0.5, 0.6) is 0 Å². The molecule has 1 fully saturated rings. The van der Waals surface area contributed by atoms with Gasteiger partial charge >= 0.3 is 0 Å². The normalized spacial score (nSPS) is 18.0. The number of hydrogen-bond donors (Lipinski definition) is 0. The molecule has 112 valence electrons. The molecule has 2 aromatic rings. The third-order valence-corrected chi connectivity index (χ3v) is 4.57. The molecule has 0 amide bonds. The Hall–Kier alpha value is -1.13. The molecule has 0 bridgehead atoms. The van der Waals surface area contributed by atoms with E-state index in [2.05, 4.69) is 28.9 Å². The number of hydrogen-bond acceptors (Lipinski definition) is 3. The average molecular weight is 351 g/mol. The van der Waals surface area contributed by atoms with Gasteiger partial charge in [0.15, 0.2) is 5.43 Å². The summed E-state index contributed by atoms with van der Waals surface area (Å²) in [5.74, 6) is 1.09. The SMILES string of the molecule is Cc1cc(C(C)Br)c2oc(C3CCOCC3)cc(=O)c2c1. The van der Waals surface area contributed by atoms with Gasteiger partial charge in [0.05, 0.1) is 5.39 Å². The summed E-state index contributed by atoms with van der Waals surface area (Å²) in [5.41, 5.74) is 2.89. The Morgan fingerprint density at radius 2 is 1.95 bits per heavy atom. The number of ether oxygens (including phenoxy) is 1. The molecule has 1 aliphatic rings. The van der Waals surface area contributed by atoms with Crippen LogP contribution in [0, 0.1) is 6.92 Å². The van der Waals surface area contributed by atoms with Crippen molar-refractivity contribution in [3.8, 4) is 0 Å². The lowest BCUT2D eigenvalue weighted by Crippen LogP contribution is -2.16. The first kappa shape index (κ1) is 14.8. The molecule has 21 heavy (non-hydrogen) atoms. The lowest BCUT2D eigenvalue weighted by Gasteiger charge is -2.21. The average Bonchev–Trinajstić information content (AvgIpc) is 2.48. The summed E-state index contributed by atoms with van der Waals surface area (Å²) in [7, 11) is 0. The zero-order chi connectivity index (χ0) is 15.0. The lowest BCUT2D eigenvalue weighted by atomic mass is 9.96. The van der Waals surface area contributed by atoms with Crippen LogP contribution in [-0.2, 0) is 4.74 Å². The van der Waals surface area contributed by atoms with Gasteiger partial charge in [0.25, 0.3) is 0 Å². The van der Waals surface area contributed by atoms with Crippen molar-refractivity contribution >= 4 is 26.9 Å². The van der Waals surface area contributed by atoms with Crippen molar-refractivity contribution in [1.82, 2.24) is 0 Å². The summed E-state index contributed by atoms with van der Waals surface area (Å²) in [6.07, 6.45) is 1.83. The molecule has 1 aliphatic heterocycles. The van der Waals surface area contributed by atoms with E-state index in [9.17, 15) is 4.79 Å². The maximum absolute atomic E-state index is 12.5. The van der Waals surface area contributed by atoms with E-state index >= 15 is 0 Å². The molecule has 4 heteroatoms. The molecule has 1 atom stereocenters. The van der Waals surface area contributed by atoms with Crippen molar-refractivity contribution in [2.75, 3.05) is 13.2 Å².